The Kier molecular flexibility index (Phi) is 5.06. The summed E-state index contributed by atoms with van der Waals surface area (Å²) in [6.07, 6.45) is 0.978. The fraction of sp³-hybridized carbons (Fsp3) is 0.500. The fourth-order valence-corrected chi connectivity index (χ4v) is 1.83. The van der Waals surface area contributed by atoms with Crippen LogP contribution in [0.5, 0.6) is 5.75 Å². The van der Waals surface area contributed by atoms with Crippen molar-refractivity contribution in [1.29, 1.82) is 0 Å². The number of aliphatic hydroxyl groups excluding tert-OH is 1. The first kappa shape index (κ1) is 13.3. The van der Waals surface area contributed by atoms with Crippen LogP contribution in [-0.4, -0.2) is 18.3 Å². The molecule has 0 aliphatic heterocycles. The van der Waals surface area contributed by atoms with E-state index in [4.69, 9.17) is 22.1 Å². The van der Waals surface area contributed by atoms with Crippen molar-refractivity contribution in [1.82, 2.24) is 0 Å². The second kappa shape index (κ2) is 6.09. The number of methoxy groups -OCH3 is 1. The Hall–Kier alpha value is -0.770. The van der Waals surface area contributed by atoms with E-state index < -0.39 is 12.1 Å². The summed E-state index contributed by atoms with van der Waals surface area (Å²) >= 11 is 5.91. The summed E-state index contributed by atoms with van der Waals surface area (Å²) in [6.45, 7) is 2.01. The molecule has 0 fully saturated rings. The molecular formula is C12H18ClNO2. The molecule has 0 unspecified atom stereocenters. The first-order chi connectivity index (χ1) is 7.60. The van der Waals surface area contributed by atoms with E-state index in [-0.39, 0.29) is 0 Å². The number of nitrogens with two attached hydrogens (primary N) is 1. The quantitative estimate of drug-likeness (QED) is 0.836. The van der Waals surface area contributed by atoms with Crippen molar-refractivity contribution in [3.8, 4) is 5.75 Å². The highest BCUT2D eigenvalue weighted by molar-refractivity contribution is 6.30. The van der Waals surface area contributed by atoms with Gasteiger partial charge in [-0.2, -0.15) is 0 Å². The predicted octanol–water partition coefficient (Wildman–Crippen LogP) is 2.51. The molecule has 0 saturated heterocycles. The summed E-state index contributed by atoms with van der Waals surface area (Å²) in [7, 11) is 1.58. The SMILES string of the molecule is CCC[C@H](O)[C@H](N)c1cc(Cl)ccc1OC. The molecule has 0 spiro atoms. The normalized spacial score (nSPS) is 14.6. The van der Waals surface area contributed by atoms with E-state index in [9.17, 15) is 5.11 Å². The molecule has 3 N–H and O–H groups in total. The number of ether oxygens (including phenoxy) is 1. The molecular weight excluding hydrogens is 226 g/mol. The molecule has 1 aromatic rings. The number of hydrogen-bond acceptors (Lipinski definition) is 3. The predicted molar refractivity (Wildman–Crippen MR) is 65.8 cm³/mol. The molecule has 0 aromatic heterocycles. The lowest BCUT2D eigenvalue weighted by molar-refractivity contribution is 0.133. The van der Waals surface area contributed by atoms with Gasteiger partial charge in [0.05, 0.1) is 19.3 Å². The van der Waals surface area contributed by atoms with Crippen molar-refractivity contribution in [2.24, 2.45) is 5.73 Å². The van der Waals surface area contributed by atoms with Gasteiger partial charge in [0.1, 0.15) is 5.75 Å². The monoisotopic (exact) mass is 243 g/mol. The molecule has 1 rings (SSSR count). The minimum atomic E-state index is -0.572. The zero-order chi connectivity index (χ0) is 12.1. The molecule has 0 heterocycles. The van der Waals surface area contributed by atoms with Gasteiger partial charge >= 0.3 is 0 Å². The Bertz CT molecular complexity index is 344. The van der Waals surface area contributed by atoms with Gasteiger partial charge in [-0.3, -0.25) is 0 Å². The van der Waals surface area contributed by atoms with E-state index in [0.717, 1.165) is 12.0 Å². The first-order valence-corrected chi connectivity index (χ1v) is 5.75. The summed E-state index contributed by atoms with van der Waals surface area (Å²) in [5.41, 5.74) is 6.73. The Labute approximate surface area is 101 Å². The zero-order valence-electron chi connectivity index (χ0n) is 9.61. The number of hydrogen-bond donors (Lipinski definition) is 2. The van der Waals surface area contributed by atoms with Gasteiger partial charge in [-0.05, 0) is 24.6 Å². The zero-order valence-corrected chi connectivity index (χ0v) is 10.4. The molecule has 0 radical (unpaired) electrons. The Morgan fingerprint density at radius 3 is 2.75 bits per heavy atom. The summed E-state index contributed by atoms with van der Waals surface area (Å²) in [6, 6.07) is 4.77. The summed E-state index contributed by atoms with van der Waals surface area (Å²) in [5.74, 6) is 0.659. The van der Waals surface area contributed by atoms with Gasteiger partial charge in [0.2, 0.25) is 0 Å². The maximum atomic E-state index is 9.86. The van der Waals surface area contributed by atoms with Crippen LogP contribution < -0.4 is 10.5 Å². The van der Waals surface area contributed by atoms with Crippen molar-refractivity contribution in [3.63, 3.8) is 0 Å². The van der Waals surface area contributed by atoms with Gasteiger partial charge in [0.25, 0.3) is 0 Å². The standard InChI is InChI=1S/C12H18ClNO2/c1-3-4-10(15)12(14)9-7-8(13)5-6-11(9)16-2/h5-7,10,12,15H,3-4,14H2,1-2H3/t10-,12+/m0/s1. The van der Waals surface area contributed by atoms with Gasteiger partial charge in [0, 0.05) is 10.6 Å². The third-order valence-corrected chi connectivity index (χ3v) is 2.78. The van der Waals surface area contributed by atoms with Crippen LogP contribution in [0, 0.1) is 0 Å². The number of halogens is 1. The van der Waals surface area contributed by atoms with Gasteiger partial charge in [-0.15, -0.1) is 0 Å². The number of rotatable bonds is 5. The van der Waals surface area contributed by atoms with E-state index in [0.29, 0.717) is 17.2 Å². The van der Waals surface area contributed by atoms with Crippen LogP contribution in [0.4, 0.5) is 0 Å². The molecule has 0 aliphatic rings. The minimum Gasteiger partial charge on any atom is -0.496 e. The van der Waals surface area contributed by atoms with E-state index in [1.54, 1.807) is 25.3 Å². The molecule has 0 bridgehead atoms. The molecule has 2 atom stereocenters. The van der Waals surface area contributed by atoms with Crippen molar-refractivity contribution in [2.45, 2.75) is 31.9 Å². The second-order valence-electron chi connectivity index (χ2n) is 3.77. The summed E-state index contributed by atoms with van der Waals surface area (Å²) in [5, 5.41) is 10.5. The average molecular weight is 244 g/mol. The fourth-order valence-electron chi connectivity index (χ4n) is 1.65. The maximum Gasteiger partial charge on any atom is 0.123 e. The maximum absolute atomic E-state index is 9.86. The van der Waals surface area contributed by atoms with Gasteiger partial charge in [-0.1, -0.05) is 24.9 Å². The van der Waals surface area contributed by atoms with Crippen molar-refractivity contribution < 1.29 is 9.84 Å². The lowest BCUT2D eigenvalue weighted by Crippen LogP contribution is -2.26. The van der Waals surface area contributed by atoms with Crippen molar-refractivity contribution >= 4 is 11.6 Å². The van der Waals surface area contributed by atoms with E-state index in [1.807, 2.05) is 6.92 Å². The average Bonchev–Trinajstić information content (AvgIpc) is 2.28. The molecule has 0 aliphatic carbocycles. The number of benzene rings is 1. The van der Waals surface area contributed by atoms with Gasteiger partial charge < -0.3 is 15.6 Å². The largest absolute Gasteiger partial charge is 0.496 e. The highest BCUT2D eigenvalue weighted by atomic mass is 35.5. The Balaban J connectivity index is 2.96. The van der Waals surface area contributed by atoms with Crippen LogP contribution in [0.1, 0.15) is 31.4 Å². The van der Waals surface area contributed by atoms with Crippen molar-refractivity contribution in [2.75, 3.05) is 7.11 Å². The second-order valence-corrected chi connectivity index (χ2v) is 4.20. The summed E-state index contributed by atoms with van der Waals surface area (Å²) in [4.78, 5) is 0. The molecule has 4 heteroatoms. The molecule has 0 saturated carbocycles. The topological polar surface area (TPSA) is 55.5 Å². The van der Waals surface area contributed by atoms with Crippen molar-refractivity contribution in [3.05, 3.63) is 28.8 Å². The van der Waals surface area contributed by atoms with Crippen LogP contribution in [0.2, 0.25) is 5.02 Å². The smallest absolute Gasteiger partial charge is 0.123 e. The highest BCUT2D eigenvalue weighted by Gasteiger charge is 2.19. The first-order valence-electron chi connectivity index (χ1n) is 5.37. The molecule has 0 amide bonds. The van der Waals surface area contributed by atoms with Crippen LogP contribution in [0.15, 0.2) is 18.2 Å². The summed E-state index contributed by atoms with van der Waals surface area (Å²) < 4.78 is 5.20. The lowest BCUT2D eigenvalue weighted by atomic mass is 9.98. The van der Waals surface area contributed by atoms with Crippen LogP contribution >= 0.6 is 11.6 Å². The Morgan fingerprint density at radius 1 is 1.50 bits per heavy atom. The molecule has 3 nitrogen and oxygen atoms in total. The van der Waals surface area contributed by atoms with Gasteiger partial charge in [0.15, 0.2) is 0 Å². The van der Waals surface area contributed by atoms with E-state index in [1.165, 1.54) is 0 Å². The molecule has 1 aromatic carbocycles. The Morgan fingerprint density at radius 2 is 2.19 bits per heavy atom. The van der Waals surface area contributed by atoms with Gasteiger partial charge in [-0.25, -0.2) is 0 Å². The van der Waals surface area contributed by atoms with Crippen LogP contribution in [0.3, 0.4) is 0 Å². The van der Waals surface area contributed by atoms with Crippen LogP contribution in [0.25, 0.3) is 0 Å². The molecule has 90 valence electrons. The minimum absolute atomic E-state index is 0.464. The lowest BCUT2D eigenvalue weighted by Gasteiger charge is -2.21. The van der Waals surface area contributed by atoms with E-state index in [2.05, 4.69) is 0 Å². The third-order valence-electron chi connectivity index (χ3n) is 2.55. The van der Waals surface area contributed by atoms with Crippen LogP contribution in [-0.2, 0) is 0 Å². The highest BCUT2D eigenvalue weighted by Crippen LogP contribution is 2.29. The number of aliphatic hydroxyl groups is 1. The molecule has 16 heavy (non-hydrogen) atoms. The third kappa shape index (κ3) is 3.11. The van der Waals surface area contributed by atoms with E-state index >= 15 is 0 Å².